The van der Waals surface area contributed by atoms with E-state index in [2.05, 4.69) is 0 Å². The zero-order valence-electron chi connectivity index (χ0n) is 11.3. The van der Waals surface area contributed by atoms with Gasteiger partial charge in [0.15, 0.2) is 0 Å². The average molecular weight is 256 g/mol. The Morgan fingerprint density at radius 3 is 2.33 bits per heavy atom. The lowest BCUT2D eigenvalue weighted by molar-refractivity contribution is -0.146. The number of carbonyl (C=O) groups excluding carboxylic acids is 1. The van der Waals surface area contributed by atoms with Crippen molar-refractivity contribution in [1.82, 2.24) is 4.90 Å². The second-order valence-corrected chi connectivity index (χ2v) is 5.27. The molecule has 0 bridgehead atoms. The van der Waals surface area contributed by atoms with E-state index in [9.17, 15) is 9.59 Å². The lowest BCUT2D eigenvalue weighted by Gasteiger charge is -2.33. The van der Waals surface area contributed by atoms with Crippen molar-refractivity contribution in [2.45, 2.75) is 39.5 Å². The summed E-state index contributed by atoms with van der Waals surface area (Å²) in [5, 5.41) is 8.93. The molecule has 3 N–H and O–H groups in total. The zero-order valence-corrected chi connectivity index (χ0v) is 11.3. The Hall–Kier alpha value is -1.10. The minimum absolute atomic E-state index is 0.0399. The lowest BCUT2D eigenvalue weighted by Crippen LogP contribution is -2.48. The molecule has 104 valence electrons. The Morgan fingerprint density at radius 2 is 1.94 bits per heavy atom. The van der Waals surface area contributed by atoms with Gasteiger partial charge in [0.25, 0.3) is 0 Å². The topological polar surface area (TPSA) is 83.6 Å². The average Bonchev–Trinajstić information content (AvgIpc) is 2.84. The highest BCUT2D eigenvalue weighted by Gasteiger charge is 2.42. The minimum Gasteiger partial charge on any atom is -0.481 e. The van der Waals surface area contributed by atoms with E-state index in [1.54, 1.807) is 11.8 Å². The molecule has 0 aromatic rings. The van der Waals surface area contributed by atoms with Crippen molar-refractivity contribution in [3.8, 4) is 0 Å². The molecule has 1 atom stereocenters. The van der Waals surface area contributed by atoms with E-state index in [0.29, 0.717) is 13.1 Å². The zero-order chi connectivity index (χ0) is 13.8. The first-order chi connectivity index (χ1) is 8.46. The molecule has 1 saturated carbocycles. The second-order valence-electron chi connectivity index (χ2n) is 5.27. The number of rotatable bonds is 6. The monoisotopic (exact) mass is 256 g/mol. The predicted octanol–water partition coefficient (Wildman–Crippen LogP) is 1.07. The summed E-state index contributed by atoms with van der Waals surface area (Å²) in [6.45, 7) is 4.68. The third-order valence-corrected chi connectivity index (χ3v) is 3.99. The van der Waals surface area contributed by atoms with Gasteiger partial charge in [-0.1, -0.05) is 19.8 Å². The number of carbonyl (C=O) groups is 2. The molecule has 5 nitrogen and oxygen atoms in total. The number of aliphatic carboxylic acids is 1. The van der Waals surface area contributed by atoms with E-state index in [-0.39, 0.29) is 12.5 Å². The van der Waals surface area contributed by atoms with Gasteiger partial charge in [0.1, 0.15) is 0 Å². The molecule has 0 radical (unpaired) electrons. The fourth-order valence-electron chi connectivity index (χ4n) is 2.66. The summed E-state index contributed by atoms with van der Waals surface area (Å²) in [5.74, 6) is -1.36. The van der Waals surface area contributed by atoms with Crippen molar-refractivity contribution in [3.05, 3.63) is 0 Å². The molecule has 0 aromatic carbocycles. The van der Waals surface area contributed by atoms with Crippen LogP contribution in [0.5, 0.6) is 0 Å². The predicted molar refractivity (Wildman–Crippen MR) is 69.0 cm³/mol. The van der Waals surface area contributed by atoms with Crippen molar-refractivity contribution in [1.29, 1.82) is 0 Å². The summed E-state index contributed by atoms with van der Waals surface area (Å²) in [7, 11) is 0. The first kappa shape index (κ1) is 15.0. The van der Waals surface area contributed by atoms with Gasteiger partial charge in [-0.25, -0.2) is 0 Å². The van der Waals surface area contributed by atoms with E-state index in [4.69, 9.17) is 10.8 Å². The normalized spacial score (nSPS) is 19.5. The molecule has 0 saturated heterocycles. The maximum atomic E-state index is 12.5. The van der Waals surface area contributed by atoms with Crippen LogP contribution in [0, 0.1) is 11.3 Å². The van der Waals surface area contributed by atoms with E-state index < -0.39 is 17.3 Å². The Kier molecular flexibility index (Phi) is 5.14. The van der Waals surface area contributed by atoms with Crippen LogP contribution in [0.4, 0.5) is 0 Å². The van der Waals surface area contributed by atoms with E-state index >= 15 is 0 Å². The molecule has 0 aliphatic heterocycles. The van der Waals surface area contributed by atoms with E-state index in [1.807, 2.05) is 6.92 Å². The summed E-state index contributed by atoms with van der Waals surface area (Å²) in [4.78, 5) is 25.1. The summed E-state index contributed by atoms with van der Waals surface area (Å²) < 4.78 is 0. The smallest absolute Gasteiger partial charge is 0.308 e. The molecule has 1 fully saturated rings. The molecule has 5 heteroatoms. The molecular weight excluding hydrogens is 232 g/mol. The van der Waals surface area contributed by atoms with Crippen molar-refractivity contribution in [3.63, 3.8) is 0 Å². The maximum Gasteiger partial charge on any atom is 0.308 e. The summed E-state index contributed by atoms with van der Waals surface area (Å²) >= 11 is 0. The lowest BCUT2D eigenvalue weighted by atomic mass is 9.84. The van der Waals surface area contributed by atoms with Crippen LogP contribution in [0.25, 0.3) is 0 Å². The molecule has 18 heavy (non-hydrogen) atoms. The van der Waals surface area contributed by atoms with Crippen LogP contribution in [0.2, 0.25) is 0 Å². The van der Waals surface area contributed by atoms with Crippen molar-refractivity contribution < 1.29 is 14.7 Å². The van der Waals surface area contributed by atoms with Gasteiger partial charge < -0.3 is 15.7 Å². The number of hydrogen-bond acceptors (Lipinski definition) is 3. The Labute approximate surface area is 108 Å². The van der Waals surface area contributed by atoms with Crippen LogP contribution in [0.15, 0.2) is 0 Å². The highest BCUT2D eigenvalue weighted by molar-refractivity contribution is 5.84. The molecule has 1 aliphatic carbocycles. The standard InChI is InChI=1S/C13H24N2O3/c1-3-15(8-10(2)11(16)17)12(18)13(9-14)6-4-5-7-13/h10H,3-9,14H2,1-2H3,(H,16,17). The quantitative estimate of drug-likeness (QED) is 0.744. The van der Waals surface area contributed by atoms with Crippen molar-refractivity contribution in [2.24, 2.45) is 17.1 Å². The van der Waals surface area contributed by atoms with Crippen LogP contribution >= 0.6 is 0 Å². The molecule has 0 heterocycles. The number of carboxylic acids is 1. The first-order valence-corrected chi connectivity index (χ1v) is 6.69. The van der Waals surface area contributed by atoms with Crippen LogP contribution < -0.4 is 5.73 Å². The van der Waals surface area contributed by atoms with Crippen LogP contribution in [0.3, 0.4) is 0 Å². The third kappa shape index (κ3) is 3.02. The second kappa shape index (κ2) is 6.18. The molecule has 1 aliphatic rings. The molecule has 1 amide bonds. The molecule has 1 rings (SSSR count). The minimum atomic E-state index is -0.866. The van der Waals surface area contributed by atoms with Gasteiger partial charge in [-0.05, 0) is 19.8 Å². The SMILES string of the molecule is CCN(CC(C)C(=O)O)C(=O)C1(CN)CCCC1. The Bertz CT molecular complexity index is 311. The summed E-state index contributed by atoms with van der Waals surface area (Å²) in [6, 6.07) is 0. The molecule has 0 spiro atoms. The van der Waals surface area contributed by atoms with Gasteiger partial charge in [-0.15, -0.1) is 0 Å². The molecular formula is C13H24N2O3. The highest BCUT2D eigenvalue weighted by Crippen LogP contribution is 2.38. The van der Waals surface area contributed by atoms with Gasteiger partial charge in [0.05, 0.1) is 11.3 Å². The summed E-state index contributed by atoms with van der Waals surface area (Å²) in [5.41, 5.74) is 5.35. The van der Waals surface area contributed by atoms with Crippen LogP contribution in [0.1, 0.15) is 39.5 Å². The van der Waals surface area contributed by atoms with Crippen molar-refractivity contribution in [2.75, 3.05) is 19.6 Å². The number of amides is 1. The third-order valence-electron chi connectivity index (χ3n) is 3.99. The largest absolute Gasteiger partial charge is 0.481 e. The van der Waals surface area contributed by atoms with Crippen LogP contribution in [-0.2, 0) is 9.59 Å². The van der Waals surface area contributed by atoms with Gasteiger partial charge in [-0.3, -0.25) is 9.59 Å². The van der Waals surface area contributed by atoms with Gasteiger partial charge in [-0.2, -0.15) is 0 Å². The van der Waals surface area contributed by atoms with Crippen molar-refractivity contribution >= 4 is 11.9 Å². The number of hydrogen-bond donors (Lipinski definition) is 2. The fourth-order valence-corrected chi connectivity index (χ4v) is 2.66. The highest BCUT2D eigenvalue weighted by atomic mass is 16.4. The maximum absolute atomic E-state index is 12.5. The molecule has 0 aromatic heterocycles. The number of carboxylic acid groups (broad SMARTS) is 1. The van der Waals surface area contributed by atoms with Gasteiger partial charge >= 0.3 is 5.97 Å². The van der Waals surface area contributed by atoms with Gasteiger partial charge in [0, 0.05) is 19.6 Å². The van der Waals surface area contributed by atoms with E-state index in [0.717, 1.165) is 25.7 Å². The van der Waals surface area contributed by atoms with Crippen LogP contribution in [-0.4, -0.2) is 41.5 Å². The Morgan fingerprint density at radius 1 is 1.39 bits per heavy atom. The molecule has 1 unspecified atom stereocenters. The number of nitrogens with zero attached hydrogens (tertiary/aromatic N) is 1. The first-order valence-electron chi connectivity index (χ1n) is 6.69. The summed E-state index contributed by atoms with van der Waals surface area (Å²) in [6.07, 6.45) is 3.74. The fraction of sp³-hybridized carbons (Fsp3) is 0.846. The van der Waals surface area contributed by atoms with Gasteiger partial charge in [0.2, 0.25) is 5.91 Å². The Balaban J connectivity index is 2.75. The van der Waals surface area contributed by atoms with E-state index in [1.165, 1.54) is 0 Å². The number of nitrogens with two attached hydrogens (primary N) is 1.